The van der Waals surface area contributed by atoms with Crippen molar-refractivity contribution < 1.29 is 29.9 Å². The summed E-state index contributed by atoms with van der Waals surface area (Å²) in [5.74, 6) is 1.84. The van der Waals surface area contributed by atoms with Crippen molar-refractivity contribution in [1.82, 2.24) is 9.55 Å². The molecule has 0 radical (unpaired) electrons. The molecule has 0 spiro atoms. The van der Waals surface area contributed by atoms with Crippen LogP contribution in [-0.4, -0.2) is 17.6 Å². The standard InChI is InChI=1S/C85H73N4OSi.Pt/c1-56-47-70(57-27-14-11-15-28-57)81(71(48-56)58-29-24-31-60(49-58)83(2,3)4)88-55-87(74-40-21-22-41-75(74)88)62-33-26-34-63(51-62)90-64-43-44-69-77(52-64)89(79-53-73(85(8,9)10)72(54-86-79)59-30-25-32-61(50-59)84(5,6)7)76-46-45-68-67-39-20-23-42-78(67)91(82(68)80(69)76,65-35-16-12-17-36-65)66-37-18-13-19-38-66;/h11-50,53-55H,1-10H3;/q-3;/i1D3;. The number of pyridine rings is 1. The number of aromatic nitrogens is 2. The van der Waals surface area contributed by atoms with Crippen molar-refractivity contribution in [3.05, 3.63) is 296 Å². The van der Waals surface area contributed by atoms with Crippen molar-refractivity contribution in [2.45, 2.75) is 85.4 Å². The van der Waals surface area contributed by atoms with E-state index in [1.165, 1.54) is 48.4 Å². The molecular weight excluding hydrogens is 1320 g/mol. The molecule has 13 aromatic rings. The number of benzene rings is 11. The van der Waals surface area contributed by atoms with Crippen LogP contribution in [0.2, 0.25) is 0 Å². The van der Waals surface area contributed by atoms with Crippen LogP contribution < -0.4 is 35.3 Å². The Morgan fingerprint density at radius 2 is 1.04 bits per heavy atom. The molecule has 0 saturated carbocycles. The van der Waals surface area contributed by atoms with Crippen LogP contribution in [0.25, 0.3) is 72.1 Å². The topological polar surface area (TPSA) is 33.5 Å². The molecule has 0 unspecified atom stereocenters. The van der Waals surface area contributed by atoms with E-state index in [0.29, 0.717) is 11.5 Å². The van der Waals surface area contributed by atoms with E-state index in [-0.39, 0.29) is 42.9 Å². The number of fused-ring (bicyclic) bond motifs is 8. The third-order valence-electron chi connectivity index (χ3n) is 18.5. The Balaban J connectivity index is 0.00000778. The summed E-state index contributed by atoms with van der Waals surface area (Å²) in [6, 6.07) is 96.0. The Labute approximate surface area is 562 Å². The summed E-state index contributed by atoms with van der Waals surface area (Å²) in [6.45, 7) is 20.0. The minimum absolute atomic E-state index is 0. The van der Waals surface area contributed by atoms with Gasteiger partial charge >= 0.3 is 0 Å². The molecule has 0 aliphatic carbocycles. The number of nitrogens with zero attached hydrogens (tertiary/aromatic N) is 4. The number of rotatable bonds is 10. The first-order valence-electron chi connectivity index (χ1n) is 33.1. The second-order valence-corrected chi connectivity index (χ2v) is 31.2. The van der Waals surface area contributed by atoms with Crippen LogP contribution in [0.4, 0.5) is 22.7 Å². The van der Waals surface area contributed by atoms with Gasteiger partial charge in [0.1, 0.15) is 5.82 Å². The third-order valence-corrected chi connectivity index (χ3v) is 23.4. The molecule has 4 heterocycles. The molecule has 2 aromatic heterocycles. The summed E-state index contributed by atoms with van der Waals surface area (Å²) < 4.78 is 35.7. The monoisotopic (exact) mass is 1390 g/mol. The van der Waals surface area contributed by atoms with Crippen LogP contribution in [0, 0.1) is 25.7 Å². The number of ether oxygens (including phenoxy) is 1. The average molecular weight is 1390 g/mol. The number of para-hydroxylation sites is 2. The summed E-state index contributed by atoms with van der Waals surface area (Å²) in [6.07, 6.45) is 2.08. The van der Waals surface area contributed by atoms with Gasteiger partial charge in [-0.2, -0.15) is 12.1 Å². The molecule has 7 heteroatoms. The Morgan fingerprint density at radius 1 is 0.478 bits per heavy atom. The predicted octanol–water partition coefficient (Wildman–Crippen LogP) is 19.5. The van der Waals surface area contributed by atoms with E-state index in [1.54, 1.807) is 0 Å². The van der Waals surface area contributed by atoms with Crippen molar-refractivity contribution in [3.8, 4) is 61.8 Å². The van der Waals surface area contributed by atoms with E-state index in [4.69, 9.17) is 13.8 Å². The largest absolute Gasteiger partial charge is 0.509 e. The summed E-state index contributed by atoms with van der Waals surface area (Å²) in [7, 11) is -3.03. The van der Waals surface area contributed by atoms with E-state index in [1.807, 2.05) is 54.6 Å². The summed E-state index contributed by atoms with van der Waals surface area (Å²) in [4.78, 5) is 9.86. The zero-order valence-electron chi connectivity index (χ0n) is 56.3. The quantitative estimate of drug-likeness (QED) is 0.101. The van der Waals surface area contributed by atoms with Crippen LogP contribution in [0.1, 0.15) is 88.7 Å². The molecule has 2 aliphatic heterocycles. The molecule has 0 amide bonds. The van der Waals surface area contributed by atoms with Gasteiger partial charge in [0.05, 0.1) is 0 Å². The van der Waals surface area contributed by atoms with E-state index in [0.717, 1.165) is 83.9 Å². The van der Waals surface area contributed by atoms with Gasteiger partial charge in [-0.3, -0.25) is 0 Å². The molecule has 5 nitrogen and oxygen atoms in total. The second-order valence-electron chi connectivity index (χ2n) is 27.5. The number of hydrogen-bond donors (Lipinski definition) is 0. The van der Waals surface area contributed by atoms with Gasteiger partial charge in [-0.05, 0) is 136 Å². The van der Waals surface area contributed by atoms with Crippen molar-refractivity contribution in [3.63, 3.8) is 0 Å². The molecule has 2 aliphatic rings. The molecule has 92 heavy (non-hydrogen) atoms. The van der Waals surface area contributed by atoms with Gasteiger partial charge < -0.3 is 19.1 Å². The number of hydrogen-bond acceptors (Lipinski definition) is 4. The van der Waals surface area contributed by atoms with Crippen molar-refractivity contribution in [1.29, 1.82) is 0 Å². The Kier molecular flexibility index (Phi) is 14.2. The van der Waals surface area contributed by atoms with Crippen molar-refractivity contribution >= 4 is 73.4 Å². The van der Waals surface area contributed by atoms with E-state index >= 15 is 0 Å². The van der Waals surface area contributed by atoms with Crippen LogP contribution in [0.5, 0.6) is 11.5 Å². The first-order valence-corrected chi connectivity index (χ1v) is 33.6. The van der Waals surface area contributed by atoms with Gasteiger partial charge in [-0.15, -0.1) is 48.1 Å². The molecule has 0 bridgehead atoms. The minimum Gasteiger partial charge on any atom is -0.509 e. The van der Waals surface area contributed by atoms with Gasteiger partial charge in [-0.1, -0.05) is 250 Å². The fourth-order valence-corrected chi connectivity index (χ4v) is 19.6. The fraction of sp³-hybridized carbons (Fsp3) is 0.153. The molecule has 15 rings (SSSR count). The molecule has 0 atom stereocenters. The predicted molar refractivity (Wildman–Crippen MR) is 384 cm³/mol. The molecule has 456 valence electrons. The maximum Gasteiger partial charge on any atom is 0.180 e. The summed E-state index contributed by atoms with van der Waals surface area (Å²) in [5.41, 5.74) is 17.0. The van der Waals surface area contributed by atoms with E-state index < -0.39 is 14.9 Å². The normalized spacial score (nSPS) is 14.1. The van der Waals surface area contributed by atoms with E-state index in [9.17, 15) is 0 Å². The van der Waals surface area contributed by atoms with Crippen LogP contribution >= 0.6 is 0 Å². The zero-order valence-corrected chi connectivity index (χ0v) is 56.6. The summed E-state index contributed by atoms with van der Waals surface area (Å²) >= 11 is 0. The minimum atomic E-state index is -3.03. The van der Waals surface area contributed by atoms with Crippen molar-refractivity contribution in [2.24, 2.45) is 0 Å². The van der Waals surface area contributed by atoms with Crippen molar-refractivity contribution in [2.75, 3.05) is 9.80 Å². The number of aryl methyl sites for hydroxylation is 1. The molecule has 0 N–H and O–H groups in total. The Bertz CT molecular complexity index is 5060. The maximum atomic E-state index is 8.78. The van der Waals surface area contributed by atoms with Crippen LogP contribution in [0.15, 0.2) is 255 Å². The van der Waals surface area contributed by atoms with Crippen LogP contribution in [0.3, 0.4) is 0 Å². The smallest absolute Gasteiger partial charge is 0.180 e. The SMILES string of the molecule is [2H]C([2H])([2H])c1cc(-c2ccccc2)c(N2[CH-]N(c3[c-]c(Oc4[c-]c5c(cc4)c4c6c(ccc4n5-c4cc(C(C)(C)C)c(-c5cccc(C(C)(C)C)c5)cn4)-c4ccccc4[Si]6(c4ccccc4)c4ccccc4)ccc3)c3ccccc32)c(-c2cccc(C(C)(C)C)c2)c1.[Pt]. The van der Waals surface area contributed by atoms with Gasteiger partial charge in [-0.25, -0.2) is 4.98 Å². The first kappa shape index (κ1) is 56.6. The Morgan fingerprint density at radius 3 is 1.68 bits per heavy atom. The fourth-order valence-electron chi connectivity index (χ4n) is 14.2. The van der Waals surface area contributed by atoms with Gasteiger partial charge in [0.25, 0.3) is 0 Å². The van der Waals surface area contributed by atoms with Gasteiger partial charge in [0, 0.05) is 82.1 Å². The van der Waals surface area contributed by atoms with E-state index in [2.05, 4.69) is 296 Å². The first-order chi connectivity index (χ1) is 45.1. The maximum absolute atomic E-state index is 8.78. The summed E-state index contributed by atoms with van der Waals surface area (Å²) in [5, 5.41) is 7.62. The Hall–Kier alpha value is -9.32. The molecule has 11 aromatic carbocycles. The zero-order chi connectivity index (χ0) is 65.1. The number of anilines is 4. The van der Waals surface area contributed by atoms with Gasteiger partial charge in [0.15, 0.2) is 8.07 Å². The van der Waals surface area contributed by atoms with Gasteiger partial charge in [0.2, 0.25) is 0 Å². The third kappa shape index (κ3) is 10.2. The molecule has 0 fully saturated rings. The van der Waals surface area contributed by atoms with Crippen LogP contribution in [-0.2, 0) is 37.3 Å². The second kappa shape index (κ2) is 23.1. The average Bonchev–Trinajstić information content (AvgIpc) is 1.52. The molecular formula is C85H73N4OPtSi-3. The molecule has 0 saturated heterocycles.